The maximum atomic E-state index is 11.5. The van der Waals surface area contributed by atoms with E-state index in [-0.39, 0.29) is 31.0 Å². The zero-order valence-corrected chi connectivity index (χ0v) is 21.9. The van der Waals surface area contributed by atoms with E-state index in [9.17, 15) is 15.0 Å². The molecule has 0 heterocycles. The Hall–Kier alpha value is -1.47. The van der Waals surface area contributed by atoms with Gasteiger partial charge >= 0.3 is 5.97 Å². The summed E-state index contributed by atoms with van der Waals surface area (Å²) in [7, 11) is 0.502. The number of carbonyl (C=O) groups excluding carboxylic acids is 1. The summed E-state index contributed by atoms with van der Waals surface area (Å²) in [4.78, 5) is 11.3. The first kappa shape index (κ1) is 25.8. The second kappa shape index (κ2) is 9.99. The molecule has 0 radical (unpaired) electrons. The maximum Gasteiger partial charge on any atom is 0.302 e. The molecule has 31 heavy (non-hydrogen) atoms. The Kier molecular flexibility index (Phi) is 8.31. The summed E-state index contributed by atoms with van der Waals surface area (Å²) in [6.45, 7) is 12.5. The number of rotatable bonds is 10. The lowest BCUT2D eigenvalue weighted by atomic mass is 9.41. The van der Waals surface area contributed by atoms with Crippen LogP contribution in [0.5, 0.6) is 0 Å². The molecule has 1 aliphatic carbocycles. The smallest absolute Gasteiger partial charge is 0.302 e. The zero-order valence-electron chi connectivity index (χ0n) is 19.9. The molecule has 1 aromatic carbocycles. The molecule has 0 bridgehead atoms. The van der Waals surface area contributed by atoms with Crippen molar-refractivity contribution >= 4 is 16.5 Å². The van der Waals surface area contributed by atoms with Crippen molar-refractivity contribution in [3.05, 3.63) is 48.0 Å². The van der Waals surface area contributed by atoms with Crippen molar-refractivity contribution < 1.29 is 24.2 Å². The van der Waals surface area contributed by atoms with E-state index in [2.05, 4.69) is 27.4 Å². The highest BCUT2D eigenvalue weighted by atomic mass is 28.2. The molecular formula is C25H40O5Si. The fraction of sp³-hybridized carbons (Fsp3) is 0.640. The van der Waals surface area contributed by atoms with Crippen LogP contribution >= 0.6 is 0 Å². The molecular weight excluding hydrogens is 408 g/mol. The normalized spacial score (nSPS) is 27.0. The minimum atomic E-state index is -1.91. The molecule has 174 valence electrons. The van der Waals surface area contributed by atoms with Gasteiger partial charge in [0.2, 0.25) is 0 Å². The first-order valence-electron chi connectivity index (χ1n) is 11.3. The fourth-order valence-corrected chi connectivity index (χ4v) is 6.32. The molecule has 1 aliphatic rings. The van der Waals surface area contributed by atoms with Crippen LogP contribution in [0.25, 0.3) is 0 Å². The Balaban J connectivity index is 2.64. The summed E-state index contributed by atoms with van der Waals surface area (Å²) in [5.74, 6) is -2.23. The van der Waals surface area contributed by atoms with Gasteiger partial charge in [0.15, 0.2) is 5.79 Å². The molecule has 1 saturated carbocycles. The predicted octanol–water partition coefficient (Wildman–Crippen LogP) is 3.41. The van der Waals surface area contributed by atoms with Crippen LogP contribution in [0.2, 0.25) is 0 Å². The molecule has 1 aromatic rings. The van der Waals surface area contributed by atoms with Gasteiger partial charge in [-0.1, -0.05) is 70.5 Å². The number of carbonyl (C=O) groups is 1. The Labute approximate surface area is 190 Å². The number of hydrogen-bond acceptors (Lipinski definition) is 5. The number of unbranched alkanes of at least 4 members (excludes halogenated alkanes) is 1. The average Bonchev–Trinajstić information content (AvgIpc) is 2.71. The van der Waals surface area contributed by atoms with E-state index < -0.39 is 16.6 Å². The molecule has 2 rings (SSSR count). The summed E-state index contributed by atoms with van der Waals surface area (Å²) in [6, 6.07) is 9.78. The lowest BCUT2D eigenvalue weighted by Gasteiger charge is -2.66. The Bertz CT molecular complexity index is 760. The summed E-state index contributed by atoms with van der Waals surface area (Å²) in [5, 5.41) is 22.9. The van der Waals surface area contributed by atoms with Crippen LogP contribution in [0.4, 0.5) is 0 Å². The second-order valence-corrected chi connectivity index (χ2v) is 10.3. The molecule has 2 unspecified atom stereocenters. The topological polar surface area (TPSA) is 76.0 Å². The van der Waals surface area contributed by atoms with Gasteiger partial charge in [-0.2, -0.15) is 0 Å². The third-order valence-corrected chi connectivity index (χ3v) is 8.02. The van der Waals surface area contributed by atoms with Crippen LogP contribution in [0.15, 0.2) is 42.5 Å². The standard InChI is InChI=1S/C25H40O5Si/c1-6-7-13-23(16-19(2)17-29-20(3)26)14-15-25(27,28)24(18-30-31,22(23,4)5)21-11-9-8-10-12-21/h8-12,27-28H,2,6-7,13-18H2,1,3-5,31H3. The van der Waals surface area contributed by atoms with Gasteiger partial charge in [-0.15, -0.1) is 0 Å². The number of ether oxygens (including phenoxy) is 1. The van der Waals surface area contributed by atoms with Crippen molar-refractivity contribution in [2.75, 3.05) is 13.2 Å². The van der Waals surface area contributed by atoms with Gasteiger partial charge in [0.25, 0.3) is 0 Å². The molecule has 1 fully saturated rings. The highest BCUT2D eigenvalue weighted by Crippen LogP contribution is 2.67. The molecule has 0 saturated heterocycles. The molecule has 2 N–H and O–H groups in total. The van der Waals surface area contributed by atoms with Crippen LogP contribution in [0.1, 0.15) is 71.8 Å². The monoisotopic (exact) mass is 448 g/mol. The molecule has 6 heteroatoms. The first-order valence-corrected chi connectivity index (χ1v) is 12.1. The Morgan fingerprint density at radius 3 is 2.39 bits per heavy atom. The van der Waals surface area contributed by atoms with Gasteiger partial charge in [-0.3, -0.25) is 4.79 Å². The van der Waals surface area contributed by atoms with E-state index in [4.69, 9.17) is 9.16 Å². The van der Waals surface area contributed by atoms with E-state index in [1.165, 1.54) is 6.92 Å². The van der Waals surface area contributed by atoms with Crippen molar-refractivity contribution in [3.8, 4) is 0 Å². The van der Waals surface area contributed by atoms with Gasteiger partial charge in [0.05, 0.1) is 5.41 Å². The molecule has 0 aromatic heterocycles. The predicted molar refractivity (Wildman–Crippen MR) is 127 cm³/mol. The quantitative estimate of drug-likeness (QED) is 0.248. The Morgan fingerprint density at radius 1 is 1.19 bits per heavy atom. The SMILES string of the molecule is C=C(COC(C)=O)CC1(CCCC)CCC(O)(O)C(CO[SiH3])(c2ccccc2)C1(C)C. The highest BCUT2D eigenvalue weighted by molar-refractivity contribution is 5.98. The van der Waals surface area contributed by atoms with E-state index in [1.54, 1.807) is 0 Å². The van der Waals surface area contributed by atoms with Gasteiger partial charge in [0, 0.05) is 20.0 Å². The summed E-state index contributed by atoms with van der Waals surface area (Å²) in [5.41, 5.74) is -0.0486. The van der Waals surface area contributed by atoms with Crippen LogP contribution in [0.3, 0.4) is 0 Å². The number of hydrogen-bond donors (Lipinski definition) is 2. The Morgan fingerprint density at radius 2 is 1.84 bits per heavy atom. The third kappa shape index (κ3) is 4.68. The molecule has 2 atom stereocenters. The number of benzene rings is 1. The lowest BCUT2D eigenvalue weighted by molar-refractivity contribution is -0.298. The molecule has 5 nitrogen and oxygen atoms in total. The second-order valence-electron chi connectivity index (χ2n) is 9.74. The van der Waals surface area contributed by atoms with Crippen LogP contribution < -0.4 is 0 Å². The van der Waals surface area contributed by atoms with Crippen molar-refractivity contribution in [2.45, 2.75) is 77.4 Å². The van der Waals surface area contributed by atoms with Gasteiger partial charge in [-0.05, 0) is 41.2 Å². The van der Waals surface area contributed by atoms with Gasteiger partial charge in [-0.25, -0.2) is 0 Å². The fourth-order valence-electron chi connectivity index (χ4n) is 5.89. The highest BCUT2D eigenvalue weighted by Gasteiger charge is 2.68. The van der Waals surface area contributed by atoms with Crippen molar-refractivity contribution in [1.82, 2.24) is 0 Å². The van der Waals surface area contributed by atoms with E-state index >= 15 is 0 Å². The van der Waals surface area contributed by atoms with Gasteiger partial charge in [0.1, 0.15) is 17.1 Å². The van der Waals surface area contributed by atoms with Crippen LogP contribution in [-0.4, -0.2) is 45.7 Å². The number of aliphatic hydroxyl groups is 2. The number of esters is 1. The largest absolute Gasteiger partial charge is 0.461 e. The van der Waals surface area contributed by atoms with E-state index in [0.29, 0.717) is 23.3 Å². The van der Waals surface area contributed by atoms with Crippen molar-refractivity contribution in [2.24, 2.45) is 10.8 Å². The maximum absolute atomic E-state index is 11.5. The molecule has 0 amide bonds. The molecule has 0 aliphatic heterocycles. The summed E-state index contributed by atoms with van der Waals surface area (Å²) >= 11 is 0. The minimum Gasteiger partial charge on any atom is -0.461 e. The van der Waals surface area contributed by atoms with Crippen LogP contribution in [-0.2, 0) is 19.4 Å². The first-order chi connectivity index (χ1) is 14.5. The average molecular weight is 449 g/mol. The van der Waals surface area contributed by atoms with Gasteiger partial charge < -0.3 is 19.4 Å². The van der Waals surface area contributed by atoms with E-state index in [1.807, 2.05) is 30.3 Å². The minimum absolute atomic E-state index is 0.193. The lowest BCUT2D eigenvalue weighted by Crippen LogP contribution is -2.70. The molecule has 0 spiro atoms. The summed E-state index contributed by atoms with van der Waals surface area (Å²) < 4.78 is 11.1. The zero-order chi connectivity index (χ0) is 23.3. The third-order valence-electron chi connectivity index (χ3n) is 7.73. The van der Waals surface area contributed by atoms with Crippen LogP contribution in [0, 0.1) is 10.8 Å². The van der Waals surface area contributed by atoms with E-state index in [0.717, 1.165) is 30.4 Å². The van der Waals surface area contributed by atoms with Crippen molar-refractivity contribution in [1.29, 1.82) is 0 Å². The summed E-state index contributed by atoms with van der Waals surface area (Å²) in [6.07, 6.45) is 4.58. The van der Waals surface area contributed by atoms with Crippen molar-refractivity contribution in [3.63, 3.8) is 0 Å².